The summed E-state index contributed by atoms with van der Waals surface area (Å²) < 4.78 is 13.3. The van der Waals surface area contributed by atoms with Crippen molar-refractivity contribution in [1.29, 1.82) is 0 Å². The third kappa shape index (κ3) is 4.53. The van der Waals surface area contributed by atoms with E-state index in [2.05, 4.69) is 0 Å². The Hall–Kier alpha value is -3.65. The van der Waals surface area contributed by atoms with Gasteiger partial charge in [0.25, 0.3) is 11.5 Å². The first-order valence-corrected chi connectivity index (χ1v) is 12.3. The summed E-state index contributed by atoms with van der Waals surface area (Å²) in [6.45, 7) is 6.80. The van der Waals surface area contributed by atoms with Gasteiger partial charge in [0.1, 0.15) is 17.5 Å². The number of hydrogen-bond acceptors (Lipinski definition) is 6. The number of likely N-dealkylation sites (N-methyl/N-ethyl adjacent to an activating group) is 1. The highest BCUT2D eigenvalue weighted by Crippen LogP contribution is 2.38. The van der Waals surface area contributed by atoms with Gasteiger partial charge < -0.3 is 14.4 Å². The van der Waals surface area contributed by atoms with Gasteiger partial charge in [-0.15, -0.1) is 0 Å². The van der Waals surface area contributed by atoms with Crippen LogP contribution in [-0.4, -0.2) is 42.7 Å². The monoisotopic (exact) mass is 491 g/mol. The molecule has 35 heavy (non-hydrogen) atoms. The predicted octanol–water partition coefficient (Wildman–Crippen LogP) is 3.12. The second-order valence-electron chi connectivity index (χ2n) is 8.08. The third-order valence-corrected chi connectivity index (χ3v) is 7.11. The maximum absolute atomic E-state index is 13.8. The van der Waals surface area contributed by atoms with Crippen LogP contribution < -0.4 is 24.4 Å². The number of carbonyl (C=O) groups is 1. The molecule has 0 saturated carbocycles. The van der Waals surface area contributed by atoms with Crippen LogP contribution >= 0.6 is 11.3 Å². The molecule has 1 amide bonds. The van der Waals surface area contributed by atoms with E-state index in [1.165, 1.54) is 11.3 Å². The molecule has 1 aromatic heterocycles. The van der Waals surface area contributed by atoms with Gasteiger partial charge in [-0.25, -0.2) is 4.99 Å². The number of rotatable bonds is 7. The third-order valence-electron chi connectivity index (χ3n) is 6.13. The number of nitrogens with zero attached hydrogens (tertiary/aromatic N) is 3. The topological polar surface area (TPSA) is 73.1 Å². The standard InChI is InChI=1S/C27H29N3O4S/c1-6-29(7-2)26(32)23-17(3)28-27-30(24(23)20-16-19(33-4)13-14-21(20)34-5)25(31)22(35-27)15-18-11-9-8-10-12-18/h8-16,24H,6-7H2,1-5H3/b22-15+/t24-/m1/s1. The quantitative estimate of drug-likeness (QED) is 0.509. The Labute approximate surface area is 208 Å². The van der Waals surface area contributed by atoms with Crippen LogP contribution in [0.25, 0.3) is 6.08 Å². The van der Waals surface area contributed by atoms with Crippen molar-refractivity contribution in [2.75, 3.05) is 27.3 Å². The zero-order valence-electron chi connectivity index (χ0n) is 20.6. The molecule has 1 atom stereocenters. The number of fused-ring (bicyclic) bond motifs is 1. The van der Waals surface area contributed by atoms with Crippen molar-refractivity contribution in [1.82, 2.24) is 9.47 Å². The van der Waals surface area contributed by atoms with Crippen LogP contribution in [0.4, 0.5) is 0 Å². The number of hydrogen-bond donors (Lipinski definition) is 0. The molecule has 2 aromatic carbocycles. The second kappa shape index (κ2) is 10.3. The molecule has 0 bridgehead atoms. The Kier molecular flexibility index (Phi) is 7.21. The van der Waals surface area contributed by atoms with E-state index in [0.29, 0.717) is 50.8 Å². The van der Waals surface area contributed by atoms with Crippen LogP contribution in [0.3, 0.4) is 0 Å². The number of allylic oxidation sites excluding steroid dienone is 1. The zero-order chi connectivity index (χ0) is 25.1. The fraction of sp³-hybridized carbons (Fsp3) is 0.296. The molecule has 0 radical (unpaired) electrons. The Balaban J connectivity index is 2.03. The molecule has 2 heterocycles. The number of benzene rings is 2. The van der Waals surface area contributed by atoms with Crippen molar-refractivity contribution in [2.24, 2.45) is 4.99 Å². The van der Waals surface area contributed by atoms with Crippen molar-refractivity contribution in [3.05, 3.63) is 90.6 Å². The van der Waals surface area contributed by atoms with Gasteiger partial charge in [-0.3, -0.25) is 14.2 Å². The summed E-state index contributed by atoms with van der Waals surface area (Å²) in [5.41, 5.74) is 2.43. The fourth-order valence-electron chi connectivity index (χ4n) is 4.32. The van der Waals surface area contributed by atoms with E-state index in [9.17, 15) is 9.59 Å². The van der Waals surface area contributed by atoms with Gasteiger partial charge in [0, 0.05) is 18.7 Å². The second-order valence-corrected chi connectivity index (χ2v) is 9.09. The molecular formula is C27H29N3O4S. The van der Waals surface area contributed by atoms with Crippen LogP contribution in [0.15, 0.2) is 69.6 Å². The molecule has 182 valence electrons. The van der Waals surface area contributed by atoms with Crippen molar-refractivity contribution >= 4 is 23.3 Å². The zero-order valence-corrected chi connectivity index (χ0v) is 21.4. The highest BCUT2D eigenvalue weighted by molar-refractivity contribution is 7.07. The molecule has 7 nitrogen and oxygen atoms in total. The molecule has 4 rings (SSSR count). The van der Waals surface area contributed by atoms with E-state index >= 15 is 0 Å². The molecule has 1 aliphatic rings. The summed E-state index contributed by atoms with van der Waals surface area (Å²) in [6, 6.07) is 14.4. The Morgan fingerprint density at radius 2 is 1.83 bits per heavy atom. The summed E-state index contributed by atoms with van der Waals surface area (Å²) in [5, 5.41) is 0. The summed E-state index contributed by atoms with van der Waals surface area (Å²) in [5.74, 6) is 1.02. The van der Waals surface area contributed by atoms with Gasteiger partial charge in [-0.05, 0) is 50.6 Å². The van der Waals surface area contributed by atoms with Gasteiger partial charge in [-0.2, -0.15) is 0 Å². The van der Waals surface area contributed by atoms with Crippen molar-refractivity contribution in [3.63, 3.8) is 0 Å². The lowest BCUT2D eigenvalue weighted by atomic mass is 9.93. The maximum atomic E-state index is 13.8. The molecule has 0 saturated heterocycles. The van der Waals surface area contributed by atoms with Gasteiger partial charge in [-0.1, -0.05) is 41.7 Å². The summed E-state index contributed by atoms with van der Waals surface area (Å²) in [7, 11) is 3.16. The maximum Gasteiger partial charge on any atom is 0.271 e. The van der Waals surface area contributed by atoms with E-state index in [1.807, 2.05) is 63.2 Å². The average molecular weight is 492 g/mol. The van der Waals surface area contributed by atoms with Crippen molar-refractivity contribution in [3.8, 4) is 11.5 Å². The van der Waals surface area contributed by atoms with E-state index in [-0.39, 0.29) is 11.5 Å². The minimum atomic E-state index is -0.706. The normalized spacial score (nSPS) is 15.5. The van der Waals surface area contributed by atoms with E-state index in [1.54, 1.807) is 35.8 Å². The largest absolute Gasteiger partial charge is 0.497 e. The number of ether oxygens (including phenoxy) is 2. The molecule has 3 aromatic rings. The fourth-order valence-corrected chi connectivity index (χ4v) is 5.37. The lowest BCUT2D eigenvalue weighted by Gasteiger charge is -2.30. The van der Waals surface area contributed by atoms with E-state index < -0.39 is 6.04 Å². The van der Waals surface area contributed by atoms with Gasteiger partial charge in [0.2, 0.25) is 0 Å². The number of thiazole rings is 1. The predicted molar refractivity (Wildman–Crippen MR) is 138 cm³/mol. The number of carbonyl (C=O) groups excluding carboxylic acids is 1. The van der Waals surface area contributed by atoms with Gasteiger partial charge in [0.15, 0.2) is 4.80 Å². The number of methoxy groups -OCH3 is 2. The first-order valence-electron chi connectivity index (χ1n) is 11.5. The molecule has 8 heteroatoms. The minimum absolute atomic E-state index is 0.150. The first kappa shape index (κ1) is 24.5. The smallest absolute Gasteiger partial charge is 0.271 e. The summed E-state index contributed by atoms with van der Waals surface area (Å²) in [4.78, 5) is 34.5. The van der Waals surface area contributed by atoms with Crippen LogP contribution in [0.5, 0.6) is 11.5 Å². The number of amides is 1. The van der Waals surface area contributed by atoms with Crippen molar-refractivity contribution in [2.45, 2.75) is 26.8 Å². The van der Waals surface area contributed by atoms with Crippen LogP contribution in [-0.2, 0) is 4.79 Å². The highest BCUT2D eigenvalue weighted by atomic mass is 32.1. The molecule has 0 unspecified atom stereocenters. The Bertz CT molecular complexity index is 1450. The minimum Gasteiger partial charge on any atom is -0.497 e. The molecule has 1 aliphatic heterocycles. The lowest BCUT2D eigenvalue weighted by Crippen LogP contribution is -2.43. The first-order chi connectivity index (χ1) is 16.9. The highest BCUT2D eigenvalue weighted by Gasteiger charge is 2.36. The Morgan fingerprint density at radius 3 is 2.46 bits per heavy atom. The summed E-state index contributed by atoms with van der Waals surface area (Å²) in [6.07, 6.45) is 1.86. The molecule has 0 fully saturated rings. The van der Waals surface area contributed by atoms with Gasteiger partial charge in [0.05, 0.1) is 30.0 Å². The Morgan fingerprint density at radius 1 is 1.11 bits per heavy atom. The SMILES string of the molecule is CCN(CC)C(=O)C1=C(C)N=c2s/c(=C/c3ccccc3)c(=O)n2[C@@H]1c1cc(OC)ccc1OC. The molecular weight excluding hydrogens is 462 g/mol. The van der Waals surface area contributed by atoms with Crippen LogP contribution in [0, 0.1) is 0 Å². The average Bonchev–Trinajstić information content (AvgIpc) is 3.18. The van der Waals surface area contributed by atoms with E-state index in [4.69, 9.17) is 14.5 Å². The lowest BCUT2D eigenvalue weighted by molar-refractivity contribution is -0.127. The number of aromatic nitrogens is 1. The van der Waals surface area contributed by atoms with Crippen LogP contribution in [0.1, 0.15) is 37.9 Å². The molecule has 0 spiro atoms. The molecule has 0 N–H and O–H groups in total. The van der Waals surface area contributed by atoms with E-state index in [0.717, 1.165) is 5.56 Å². The summed E-state index contributed by atoms with van der Waals surface area (Å²) >= 11 is 1.31. The molecule has 0 aliphatic carbocycles. The van der Waals surface area contributed by atoms with Crippen molar-refractivity contribution < 1.29 is 14.3 Å². The van der Waals surface area contributed by atoms with Gasteiger partial charge >= 0.3 is 0 Å². The van der Waals surface area contributed by atoms with Crippen LogP contribution in [0.2, 0.25) is 0 Å².